The van der Waals surface area contributed by atoms with Crippen molar-refractivity contribution in [3.05, 3.63) is 76.3 Å². The van der Waals surface area contributed by atoms with Gasteiger partial charge in [0, 0.05) is 11.6 Å². The van der Waals surface area contributed by atoms with Crippen LogP contribution in [-0.2, 0) is 6.42 Å². The molecule has 6 nitrogen and oxygen atoms in total. The first-order chi connectivity index (χ1) is 19.0. The monoisotopic (exact) mass is 541 g/mol. The second kappa shape index (κ2) is 10.6. The summed E-state index contributed by atoms with van der Waals surface area (Å²) in [7, 11) is 3.25. The Kier molecular flexibility index (Phi) is 7.32. The number of anilines is 1. The lowest BCUT2D eigenvalue weighted by Crippen LogP contribution is -2.58. The van der Waals surface area contributed by atoms with Crippen molar-refractivity contribution in [3.63, 3.8) is 0 Å². The molecule has 210 valence electrons. The van der Waals surface area contributed by atoms with Crippen LogP contribution in [-0.4, -0.2) is 36.1 Å². The number of phenols is 1. The van der Waals surface area contributed by atoms with E-state index >= 15 is 0 Å². The highest BCUT2D eigenvalue weighted by molar-refractivity contribution is 5.80. The van der Waals surface area contributed by atoms with Crippen LogP contribution in [0.4, 0.5) is 5.69 Å². The van der Waals surface area contributed by atoms with E-state index in [1.54, 1.807) is 20.3 Å². The minimum Gasteiger partial charge on any atom is -0.507 e. The smallest absolute Gasteiger partial charge is 0.165 e. The molecular formula is C34H39NO5. The van der Waals surface area contributed by atoms with Crippen molar-refractivity contribution in [2.45, 2.75) is 51.7 Å². The topological polar surface area (TPSA) is 94.2 Å². The Labute approximate surface area is 236 Å². The number of rotatable bonds is 6. The average molecular weight is 542 g/mol. The van der Waals surface area contributed by atoms with Gasteiger partial charge in [0.15, 0.2) is 11.5 Å². The number of phenolic OH excluding ortho intramolecular Hbond substituents is 1. The summed E-state index contributed by atoms with van der Waals surface area (Å²) in [6.07, 6.45) is 9.66. The summed E-state index contributed by atoms with van der Waals surface area (Å²) in [5, 5.41) is 21.6. The molecule has 1 aliphatic carbocycles. The molecule has 2 aliphatic rings. The molecule has 4 N–H and O–H groups in total. The molecular weight excluding hydrogens is 502 g/mol. The third kappa shape index (κ3) is 5.16. The highest BCUT2D eigenvalue weighted by Crippen LogP contribution is 2.55. The van der Waals surface area contributed by atoms with Gasteiger partial charge in [0.2, 0.25) is 0 Å². The molecule has 1 aliphatic heterocycles. The number of methoxy groups -OCH3 is 2. The van der Waals surface area contributed by atoms with Crippen molar-refractivity contribution in [2.75, 3.05) is 20.0 Å². The van der Waals surface area contributed by atoms with Crippen molar-refractivity contribution in [2.24, 2.45) is 11.3 Å². The molecule has 0 aromatic heterocycles. The number of benzene rings is 3. The van der Waals surface area contributed by atoms with Crippen molar-refractivity contribution in [1.29, 1.82) is 0 Å². The Hall–Kier alpha value is -3.90. The SMILES string of the molecule is COc1cc(/C=C/c2cc3c(c(OC)c2)O[C@]2(C)CC[C@@H](O)C(C)(C)[C@H]2C3)cc(O)c1/C=C/c1ccc(N)cc1. The van der Waals surface area contributed by atoms with Crippen LogP contribution in [0.25, 0.3) is 24.3 Å². The summed E-state index contributed by atoms with van der Waals surface area (Å²) in [5.74, 6) is 2.36. The fourth-order valence-electron chi connectivity index (χ4n) is 6.29. The largest absolute Gasteiger partial charge is 0.507 e. The molecule has 0 radical (unpaired) electrons. The Morgan fingerprint density at radius 2 is 1.50 bits per heavy atom. The Morgan fingerprint density at radius 1 is 0.875 bits per heavy atom. The van der Waals surface area contributed by atoms with Gasteiger partial charge in [-0.1, -0.05) is 44.2 Å². The van der Waals surface area contributed by atoms with Gasteiger partial charge < -0.3 is 30.2 Å². The molecule has 40 heavy (non-hydrogen) atoms. The van der Waals surface area contributed by atoms with E-state index in [2.05, 4.69) is 26.8 Å². The lowest BCUT2D eigenvalue weighted by Gasteiger charge is -2.55. The normalized spacial score (nSPS) is 23.4. The number of nitrogens with two attached hydrogens (primary N) is 1. The number of nitrogen functional groups attached to an aromatic ring is 1. The molecule has 0 bridgehead atoms. The maximum absolute atomic E-state index is 10.8. The van der Waals surface area contributed by atoms with Crippen LogP contribution < -0.4 is 19.9 Å². The van der Waals surface area contributed by atoms with Crippen LogP contribution >= 0.6 is 0 Å². The number of hydrogen-bond donors (Lipinski definition) is 3. The number of aliphatic hydroxyl groups is 1. The van der Waals surface area contributed by atoms with Crippen molar-refractivity contribution < 1.29 is 24.4 Å². The predicted octanol–water partition coefficient (Wildman–Crippen LogP) is 6.82. The van der Waals surface area contributed by atoms with Crippen LogP contribution in [0, 0.1) is 11.3 Å². The number of aliphatic hydroxyl groups excluding tert-OH is 1. The van der Waals surface area contributed by atoms with Crippen LogP contribution in [0.3, 0.4) is 0 Å². The molecule has 3 atom stereocenters. The molecule has 1 saturated carbocycles. The second-order valence-corrected chi connectivity index (χ2v) is 11.7. The highest BCUT2D eigenvalue weighted by Gasteiger charge is 2.54. The first-order valence-corrected chi connectivity index (χ1v) is 13.7. The van der Waals surface area contributed by atoms with E-state index in [4.69, 9.17) is 19.9 Å². The maximum Gasteiger partial charge on any atom is 0.165 e. The van der Waals surface area contributed by atoms with Gasteiger partial charge >= 0.3 is 0 Å². The van der Waals surface area contributed by atoms with E-state index in [1.165, 1.54) is 0 Å². The van der Waals surface area contributed by atoms with E-state index in [-0.39, 0.29) is 28.8 Å². The Bertz CT molecular complexity index is 1460. The molecule has 5 rings (SSSR count). The van der Waals surface area contributed by atoms with Gasteiger partial charge in [-0.15, -0.1) is 0 Å². The molecule has 3 aromatic rings. The first-order valence-electron chi connectivity index (χ1n) is 13.7. The van der Waals surface area contributed by atoms with Crippen molar-refractivity contribution in [3.8, 4) is 23.0 Å². The molecule has 0 amide bonds. The molecule has 0 unspecified atom stereocenters. The van der Waals surface area contributed by atoms with E-state index in [0.717, 1.165) is 47.3 Å². The fraction of sp³-hybridized carbons (Fsp3) is 0.353. The number of ether oxygens (including phenoxy) is 3. The van der Waals surface area contributed by atoms with Gasteiger partial charge in [0.25, 0.3) is 0 Å². The van der Waals surface area contributed by atoms with Crippen LogP contribution in [0.15, 0.2) is 48.5 Å². The fourth-order valence-corrected chi connectivity index (χ4v) is 6.29. The first kappa shape index (κ1) is 27.7. The van der Waals surface area contributed by atoms with Gasteiger partial charge in [-0.25, -0.2) is 0 Å². The minimum atomic E-state index is -0.354. The van der Waals surface area contributed by atoms with Crippen molar-refractivity contribution >= 4 is 30.0 Å². The zero-order valence-electron chi connectivity index (χ0n) is 23.9. The quantitative estimate of drug-likeness (QED) is 0.234. The lowest BCUT2D eigenvalue weighted by atomic mass is 9.57. The van der Waals surface area contributed by atoms with Crippen LogP contribution in [0.1, 0.15) is 61.4 Å². The van der Waals surface area contributed by atoms with Crippen LogP contribution in [0.5, 0.6) is 23.0 Å². The number of aromatic hydroxyl groups is 1. The average Bonchev–Trinajstić information content (AvgIpc) is 2.93. The van der Waals surface area contributed by atoms with Gasteiger partial charge in [-0.3, -0.25) is 0 Å². The van der Waals surface area contributed by atoms with Gasteiger partial charge in [0.1, 0.15) is 17.1 Å². The van der Waals surface area contributed by atoms with E-state index < -0.39 is 0 Å². The summed E-state index contributed by atoms with van der Waals surface area (Å²) in [5.41, 5.74) is 10.3. The van der Waals surface area contributed by atoms with E-state index in [1.807, 2.05) is 60.7 Å². The van der Waals surface area contributed by atoms with Crippen molar-refractivity contribution in [1.82, 2.24) is 0 Å². The van der Waals surface area contributed by atoms with Gasteiger partial charge in [0.05, 0.1) is 25.9 Å². The summed E-state index contributed by atoms with van der Waals surface area (Å²) >= 11 is 0. The van der Waals surface area contributed by atoms with E-state index in [0.29, 0.717) is 22.7 Å². The molecule has 0 saturated heterocycles. The van der Waals surface area contributed by atoms with Gasteiger partial charge in [-0.05, 0) is 96.3 Å². The number of fused-ring (bicyclic) bond motifs is 2. The number of hydrogen-bond acceptors (Lipinski definition) is 6. The summed E-state index contributed by atoms with van der Waals surface area (Å²) < 4.78 is 18.0. The Morgan fingerprint density at radius 3 is 2.17 bits per heavy atom. The Balaban J connectivity index is 1.43. The highest BCUT2D eigenvalue weighted by atomic mass is 16.5. The second-order valence-electron chi connectivity index (χ2n) is 11.7. The third-order valence-corrected chi connectivity index (χ3v) is 8.75. The molecule has 6 heteroatoms. The molecule has 3 aromatic carbocycles. The van der Waals surface area contributed by atoms with E-state index in [9.17, 15) is 10.2 Å². The third-order valence-electron chi connectivity index (χ3n) is 8.75. The summed E-state index contributed by atoms with van der Waals surface area (Å²) in [4.78, 5) is 0. The molecule has 0 spiro atoms. The standard InChI is InChI=1S/C34H39NO5/c1-33(2)30-20-24-16-22(19-29(39-5)32(24)40-34(30,3)15-14-31(33)37)6-7-23-17-27(36)26(28(18-23)38-4)13-10-21-8-11-25(35)12-9-21/h6-13,16-19,30-31,36-37H,14-15,20,35H2,1-5H3/b7-6+,13-10+/t30-,31-,34-/m1/s1. The van der Waals surface area contributed by atoms with Crippen LogP contribution in [0.2, 0.25) is 0 Å². The lowest BCUT2D eigenvalue weighted by molar-refractivity contribution is -0.138. The molecule has 1 fully saturated rings. The summed E-state index contributed by atoms with van der Waals surface area (Å²) in [6.45, 7) is 6.45. The zero-order chi connectivity index (χ0) is 28.7. The maximum atomic E-state index is 10.8. The van der Waals surface area contributed by atoms with Gasteiger partial charge in [-0.2, -0.15) is 0 Å². The summed E-state index contributed by atoms with van der Waals surface area (Å²) in [6, 6.07) is 15.2. The predicted molar refractivity (Wildman–Crippen MR) is 162 cm³/mol. The zero-order valence-corrected chi connectivity index (χ0v) is 23.9. The molecule has 1 heterocycles. The minimum absolute atomic E-state index is 0.125.